The topological polar surface area (TPSA) is 183 Å². The maximum absolute atomic E-state index is 14.6. The Morgan fingerprint density at radius 3 is 2.16 bits per heavy atom. The number of nitrogens with one attached hydrogen (secondary N) is 4. The summed E-state index contributed by atoms with van der Waals surface area (Å²) in [6, 6.07) is 12.3. The number of alkyl carbamates (subject to hydrolysis) is 1. The standard InChI is InChI=1S/C43H56N6O8/c1-8-9-19-31(37(51)39(53)44-22-32(50)46-34(40(54)48(6)7)26-15-11-10-12-16-26)45-38(52)36-33-30(43(33,4)5)23-49(36)41(55)35(47-42(56)57-24-25(2)3)29-20-27-17-13-14-18-28(27)21-29/h8,10-18,25,29-31,33-36H,1,9,19-24H2,2-7H3,(H,44,53)(H,45,52)(H,46,50)(H,47,56)/t30-,31?,33-,34?,35?,36-/m0/s1. The molecule has 306 valence electrons. The lowest BCUT2D eigenvalue weighted by Crippen LogP contribution is -2.59. The van der Waals surface area contributed by atoms with Crippen molar-refractivity contribution in [3.05, 3.63) is 83.9 Å². The number of amides is 6. The lowest BCUT2D eigenvalue weighted by atomic mass is 9.93. The summed E-state index contributed by atoms with van der Waals surface area (Å²) in [4.78, 5) is 97.5. The van der Waals surface area contributed by atoms with Crippen molar-refractivity contribution in [3.63, 3.8) is 0 Å². The Labute approximate surface area is 334 Å². The van der Waals surface area contributed by atoms with Crippen LogP contribution in [0.3, 0.4) is 0 Å². The fraction of sp³-hybridized carbons (Fsp3) is 0.512. The molecule has 5 rings (SSSR count). The number of likely N-dealkylation sites (tertiary alicyclic amines) is 1. The number of ether oxygens (including phenoxy) is 1. The van der Waals surface area contributed by atoms with Crippen LogP contribution in [0.25, 0.3) is 0 Å². The molecule has 2 aromatic carbocycles. The van der Waals surface area contributed by atoms with E-state index < -0.39 is 66.2 Å². The van der Waals surface area contributed by atoms with Gasteiger partial charge in [-0.3, -0.25) is 28.8 Å². The van der Waals surface area contributed by atoms with Gasteiger partial charge in [0.15, 0.2) is 0 Å². The maximum Gasteiger partial charge on any atom is 0.407 e. The van der Waals surface area contributed by atoms with E-state index in [2.05, 4.69) is 27.8 Å². The van der Waals surface area contributed by atoms with E-state index in [1.54, 1.807) is 50.5 Å². The van der Waals surface area contributed by atoms with Crippen molar-refractivity contribution >= 4 is 41.4 Å². The van der Waals surface area contributed by atoms with E-state index in [0.717, 1.165) is 11.1 Å². The smallest absolute Gasteiger partial charge is 0.407 e. The summed E-state index contributed by atoms with van der Waals surface area (Å²) >= 11 is 0. The molecule has 14 nitrogen and oxygen atoms in total. The van der Waals surface area contributed by atoms with Gasteiger partial charge in [-0.2, -0.15) is 0 Å². The Balaban J connectivity index is 1.29. The third-order valence-corrected chi connectivity index (χ3v) is 11.5. The van der Waals surface area contributed by atoms with Crippen LogP contribution in [0, 0.1) is 29.1 Å². The first kappa shape index (κ1) is 42.6. The molecule has 1 saturated carbocycles. The molecule has 2 fully saturated rings. The van der Waals surface area contributed by atoms with Gasteiger partial charge in [-0.15, -0.1) is 6.58 Å². The number of hydrogen-bond donors (Lipinski definition) is 4. The van der Waals surface area contributed by atoms with Gasteiger partial charge in [0, 0.05) is 20.6 Å². The zero-order valence-electron chi connectivity index (χ0n) is 33.7. The minimum absolute atomic E-state index is 0.00902. The van der Waals surface area contributed by atoms with Crippen molar-refractivity contribution in [1.29, 1.82) is 0 Å². The van der Waals surface area contributed by atoms with Gasteiger partial charge in [0.2, 0.25) is 29.4 Å². The van der Waals surface area contributed by atoms with Crippen molar-refractivity contribution in [3.8, 4) is 0 Å². The average Bonchev–Trinajstić information content (AvgIpc) is 3.54. The number of carbonyl (C=O) groups is 7. The van der Waals surface area contributed by atoms with Crippen molar-refractivity contribution in [1.82, 2.24) is 31.1 Å². The molecule has 2 aromatic rings. The largest absolute Gasteiger partial charge is 0.449 e. The fourth-order valence-electron chi connectivity index (χ4n) is 8.23. The van der Waals surface area contributed by atoms with Crippen LogP contribution in [0.4, 0.5) is 4.79 Å². The van der Waals surface area contributed by atoms with Crippen LogP contribution in [-0.4, -0.2) is 103 Å². The zero-order valence-corrected chi connectivity index (χ0v) is 33.7. The number of ketones is 1. The van der Waals surface area contributed by atoms with E-state index in [4.69, 9.17) is 4.74 Å². The SMILES string of the molecule is C=CCCC(NC(=O)[C@@H]1[C@@H]2[C@H](CN1C(=O)C(NC(=O)OCC(C)C)C1Cc3ccccc3C1)C2(C)C)C(=O)C(=O)NCC(=O)NC(C(=O)N(C)C)c1ccccc1. The first-order chi connectivity index (χ1) is 27.0. The second-order valence-corrected chi connectivity index (χ2v) is 16.6. The molecular formula is C43H56N6O8. The van der Waals surface area contributed by atoms with E-state index in [1.165, 1.54) is 9.80 Å². The number of likely N-dealkylation sites (N-methyl/N-ethyl adjacent to an activating group) is 1. The number of fused-ring (bicyclic) bond motifs is 2. The summed E-state index contributed by atoms with van der Waals surface area (Å²) < 4.78 is 5.43. The summed E-state index contributed by atoms with van der Waals surface area (Å²) in [6.45, 7) is 11.5. The predicted octanol–water partition coefficient (Wildman–Crippen LogP) is 2.72. The molecule has 0 aromatic heterocycles. The molecule has 0 spiro atoms. The van der Waals surface area contributed by atoms with Crippen molar-refractivity contribution in [2.24, 2.45) is 29.1 Å². The summed E-state index contributed by atoms with van der Waals surface area (Å²) in [5.74, 6) is -4.54. The average molecular weight is 785 g/mol. The van der Waals surface area contributed by atoms with Gasteiger partial charge in [0.1, 0.15) is 18.1 Å². The van der Waals surface area contributed by atoms with Crippen LogP contribution in [0.5, 0.6) is 0 Å². The molecule has 2 aliphatic carbocycles. The predicted molar refractivity (Wildman–Crippen MR) is 212 cm³/mol. The first-order valence-electron chi connectivity index (χ1n) is 19.6. The highest BCUT2D eigenvalue weighted by molar-refractivity contribution is 6.38. The van der Waals surface area contributed by atoms with Crippen LogP contribution in [0.2, 0.25) is 0 Å². The van der Waals surface area contributed by atoms with E-state index in [-0.39, 0.29) is 61.0 Å². The van der Waals surface area contributed by atoms with E-state index in [1.807, 2.05) is 52.0 Å². The third-order valence-electron chi connectivity index (χ3n) is 11.5. The summed E-state index contributed by atoms with van der Waals surface area (Å²) in [5.41, 5.74) is 2.46. The van der Waals surface area contributed by atoms with E-state index in [9.17, 15) is 33.6 Å². The second kappa shape index (κ2) is 18.2. The van der Waals surface area contributed by atoms with Gasteiger partial charge in [-0.05, 0) is 71.5 Å². The molecule has 4 N–H and O–H groups in total. The number of benzene rings is 2. The van der Waals surface area contributed by atoms with Gasteiger partial charge in [0.05, 0.1) is 19.2 Å². The molecular weight excluding hydrogens is 729 g/mol. The van der Waals surface area contributed by atoms with Crippen molar-refractivity contribution in [2.45, 2.75) is 77.5 Å². The summed E-state index contributed by atoms with van der Waals surface area (Å²) in [6.07, 6.45) is 2.30. The lowest BCUT2D eigenvalue weighted by molar-refractivity contribution is -0.144. The molecule has 57 heavy (non-hydrogen) atoms. The number of carbonyl (C=O) groups excluding carboxylic acids is 7. The van der Waals surface area contributed by atoms with E-state index >= 15 is 0 Å². The third kappa shape index (κ3) is 9.89. The number of hydrogen-bond acceptors (Lipinski definition) is 8. The minimum atomic E-state index is -1.28. The molecule has 3 unspecified atom stereocenters. The molecule has 1 heterocycles. The highest BCUT2D eigenvalue weighted by Crippen LogP contribution is 2.65. The van der Waals surface area contributed by atoms with Gasteiger partial charge in [0.25, 0.3) is 5.91 Å². The Bertz CT molecular complexity index is 1840. The van der Waals surface area contributed by atoms with E-state index in [0.29, 0.717) is 18.4 Å². The highest BCUT2D eigenvalue weighted by Gasteiger charge is 2.70. The Morgan fingerprint density at radius 1 is 0.930 bits per heavy atom. The molecule has 1 aliphatic heterocycles. The highest BCUT2D eigenvalue weighted by atomic mass is 16.5. The second-order valence-electron chi connectivity index (χ2n) is 16.6. The van der Waals surface area contributed by atoms with Gasteiger partial charge in [-0.1, -0.05) is 88.4 Å². The molecule has 0 bridgehead atoms. The number of Topliss-reactive ketones (excluding diaryl/α,β-unsaturated/α-hetero) is 1. The minimum Gasteiger partial charge on any atom is -0.449 e. The van der Waals surface area contributed by atoms with Crippen LogP contribution in [-0.2, 0) is 46.3 Å². The molecule has 0 radical (unpaired) electrons. The van der Waals surface area contributed by atoms with Crippen molar-refractivity contribution in [2.75, 3.05) is 33.8 Å². The lowest BCUT2D eigenvalue weighted by Gasteiger charge is -2.35. The summed E-state index contributed by atoms with van der Waals surface area (Å²) in [5, 5.41) is 10.6. The first-order valence-corrected chi connectivity index (χ1v) is 19.6. The maximum atomic E-state index is 14.6. The molecule has 3 aliphatic rings. The van der Waals surface area contributed by atoms with Gasteiger partial charge >= 0.3 is 6.09 Å². The molecule has 14 heteroatoms. The van der Waals surface area contributed by atoms with Crippen LogP contribution in [0.15, 0.2) is 67.3 Å². The number of allylic oxidation sites excluding steroid dienone is 1. The Kier molecular flexibility index (Phi) is 13.6. The normalized spacial score (nSPS) is 20.5. The Morgan fingerprint density at radius 2 is 1.56 bits per heavy atom. The van der Waals surface area contributed by atoms with Crippen LogP contribution >= 0.6 is 0 Å². The zero-order chi connectivity index (χ0) is 41.6. The van der Waals surface area contributed by atoms with Gasteiger partial charge < -0.3 is 35.8 Å². The summed E-state index contributed by atoms with van der Waals surface area (Å²) in [7, 11) is 3.12. The monoisotopic (exact) mass is 784 g/mol. The number of rotatable bonds is 17. The molecule has 6 amide bonds. The number of nitrogens with zero attached hydrogens (tertiary/aromatic N) is 2. The quantitative estimate of drug-likeness (QED) is 0.140. The number of piperidine rings is 1. The van der Waals surface area contributed by atoms with Crippen LogP contribution in [0.1, 0.15) is 63.3 Å². The molecule has 1 saturated heterocycles. The van der Waals surface area contributed by atoms with Crippen molar-refractivity contribution < 1.29 is 38.3 Å². The van der Waals surface area contributed by atoms with Gasteiger partial charge in [-0.25, -0.2) is 4.79 Å². The molecule has 6 atom stereocenters. The Hall–Kier alpha value is -5.53. The fourth-order valence-corrected chi connectivity index (χ4v) is 8.23. The van der Waals surface area contributed by atoms with Crippen LogP contribution < -0.4 is 21.3 Å².